The highest BCUT2D eigenvalue weighted by molar-refractivity contribution is 7.80. The van der Waals surface area contributed by atoms with E-state index < -0.39 is 0 Å². The molecule has 0 fully saturated rings. The molecular formula is C14H15FN2S2. The van der Waals surface area contributed by atoms with Crippen LogP contribution >= 0.6 is 23.6 Å². The van der Waals surface area contributed by atoms with Crippen molar-refractivity contribution in [2.75, 3.05) is 5.32 Å². The summed E-state index contributed by atoms with van der Waals surface area (Å²) in [6, 6.07) is 8.73. The molecule has 2 rings (SSSR count). The second-order valence-corrected chi connectivity index (χ2v) is 5.59. The third-order valence-corrected chi connectivity index (χ3v) is 4.08. The molecule has 0 aliphatic heterocycles. The van der Waals surface area contributed by atoms with Gasteiger partial charge < -0.3 is 11.1 Å². The van der Waals surface area contributed by atoms with Crippen LogP contribution in [0.1, 0.15) is 29.8 Å². The number of nitrogens with one attached hydrogen (secondary N) is 1. The molecule has 1 aromatic heterocycles. The van der Waals surface area contributed by atoms with Crippen molar-refractivity contribution in [3.63, 3.8) is 0 Å². The van der Waals surface area contributed by atoms with Crippen molar-refractivity contribution in [2.24, 2.45) is 5.73 Å². The summed E-state index contributed by atoms with van der Waals surface area (Å²) in [4.78, 5) is 1.43. The number of halogens is 1. The molecule has 0 radical (unpaired) electrons. The van der Waals surface area contributed by atoms with Crippen LogP contribution in [-0.4, -0.2) is 4.99 Å². The Kier molecular flexibility index (Phi) is 4.50. The van der Waals surface area contributed by atoms with Crippen LogP contribution in [0.3, 0.4) is 0 Å². The molecule has 0 amide bonds. The van der Waals surface area contributed by atoms with Crippen LogP contribution in [0.4, 0.5) is 10.1 Å². The summed E-state index contributed by atoms with van der Waals surface area (Å²) < 4.78 is 13.3. The lowest BCUT2D eigenvalue weighted by atomic mass is 10.1. The molecule has 5 heteroatoms. The lowest BCUT2D eigenvalue weighted by molar-refractivity contribution is 0.627. The Labute approximate surface area is 121 Å². The average molecular weight is 294 g/mol. The third-order valence-electron chi connectivity index (χ3n) is 2.87. The van der Waals surface area contributed by atoms with Crippen LogP contribution in [0.25, 0.3) is 0 Å². The van der Waals surface area contributed by atoms with Crippen molar-refractivity contribution in [1.29, 1.82) is 0 Å². The molecule has 1 unspecified atom stereocenters. The first-order valence-corrected chi connectivity index (χ1v) is 7.30. The number of hydrogen-bond donors (Lipinski definition) is 2. The van der Waals surface area contributed by atoms with Gasteiger partial charge in [0.25, 0.3) is 0 Å². The number of anilines is 1. The van der Waals surface area contributed by atoms with E-state index in [2.05, 4.69) is 18.3 Å². The van der Waals surface area contributed by atoms with E-state index in [0.717, 1.165) is 12.1 Å². The maximum absolute atomic E-state index is 13.3. The lowest BCUT2D eigenvalue weighted by Crippen LogP contribution is -2.16. The van der Waals surface area contributed by atoms with Crippen LogP contribution < -0.4 is 11.1 Å². The summed E-state index contributed by atoms with van der Waals surface area (Å²) in [6.45, 7) is 2.10. The fraction of sp³-hybridized carbons (Fsp3) is 0.214. The summed E-state index contributed by atoms with van der Waals surface area (Å²) in [5, 5.41) is 5.42. The first kappa shape index (κ1) is 14.0. The smallest absolute Gasteiger partial charge is 0.124 e. The Bertz CT molecular complexity index is 567. The van der Waals surface area contributed by atoms with Crippen LogP contribution in [0.15, 0.2) is 35.7 Å². The van der Waals surface area contributed by atoms with E-state index in [9.17, 15) is 4.39 Å². The van der Waals surface area contributed by atoms with Gasteiger partial charge in [0.1, 0.15) is 10.8 Å². The zero-order valence-electron chi connectivity index (χ0n) is 10.5. The number of rotatable bonds is 5. The molecule has 19 heavy (non-hydrogen) atoms. The van der Waals surface area contributed by atoms with Crippen molar-refractivity contribution < 1.29 is 4.39 Å². The number of benzene rings is 1. The molecule has 0 aliphatic carbocycles. The Morgan fingerprint density at radius 2 is 2.26 bits per heavy atom. The van der Waals surface area contributed by atoms with Crippen LogP contribution in [0.2, 0.25) is 0 Å². The van der Waals surface area contributed by atoms with Gasteiger partial charge in [-0.1, -0.05) is 25.2 Å². The molecule has 3 N–H and O–H groups in total. The van der Waals surface area contributed by atoms with Gasteiger partial charge in [-0.15, -0.1) is 11.3 Å². The van der Waals surface area contributed by atoms with Crippen LogP contribution in [-0.2, 0) is 0 Å². The van der Waals surface area contributed by atoms with Gasteiger partial charge in [-0.2, -0.15) is 0 Å². The van der Waals surface area contributed by atoms with Gasteiger partial charge in [0, 0.05) is 16.1 Å². The quantitative estimate of drug-likeness (QED) is 0.816. The largest absolute Gasteiger partial charge is 0.389 e. The second kappa shape index (κ2) is 6.12. The fourth-order valence-electron chi connectivity index (χ4n) is 1.90. The molecule has 2 nitrogen and oxygen atoms in total. The average Bonchev–Trinajstić information content (AvgIpc) is 2.90. The van der Waals surface area contributed by atoms with E-state index in [1.807, 2.05) is 11.4 Å². The molecule has 0 saturated carbocycles. The summed E-state index contributed by atoms with van der Waals surface area (Å²) in [7, 11) is 0. The maximum Gasteiger partial charge on any atom is 0.124 e. The highest BCUT2D eigenvalue weighted by Crippen LogP contribution is 2.28. The van der Waals surface area contributed by atoms with Crippen molar-refractivity contribution in [1.82, 2.24) is 0 Å². The molecule has 2 aromatic rings. The molecule has 1 aromatic carbocycles. The van der Waals surface area contributed by atoms with Gasteiger partial charge >= 0.3 is 0 Å². The Morgan fingerprint density at radius 3 is 2.84 bits per heavy atom. The van der Waals surface area contributed by atoms with Gasteiger partial charge in [-0.05, 0) is 36.1 Å². The second-order valence-electron chi connectivity index (χ2n) is 4.17. The van der Waals surface area contributed by atoms with E-state index in [1.54, 1.807) is 17.4 Å². The van der Waals surface area contributed by atoms with E-state index in [4.69, 9.17) is 18.0 Å². The number of hydrogen-bond acceptors (Lipinski definition) is 3. The van der Waals surface area contributed by atoms with Crippen molar-refractivity contribution in [3.8, 4) is 0 Å². The fourth-order valence-corrected chi connectivity index (χ4v) is 2.93. The van der Waals surface area contributed by atoms with Gasteiger partial charge in [0.2, 0.25) is 0 Å². The Hall–Kier alpha value is -1.46. The van der Waals surface area contributed by atoms with Gasteiger partial charge in [0.15, 0.2) is 0 Å². The molecular weight excluding hydrogens is 279 g/mol. The zero-order chi connectivity index (χ0) is 13.8. The SMILES string of the molecule is CCC(Nc1ccc(F)cc1C(N)=S)c1cccs1. The maximum atomic E-state index is 13.3. The predicted molar refractivity (Wildman–Crippen MR) is 83.3 cm³/mol. The topological polar surface area (TPSA) is 38.0 Å². The lowest BCUT2D eigenvalue weighted by Gasteiger charge is -2.19. The number of thiocarbonyl (C=S) groups is 1. The molecule has 100 valence electrons. The molecule has 0 spiro atoms. The van der Waals surface area contributed by atoms with Gasteiger partial charge in [-0.3, -0.25) is 0 Å². The summed E-state index contributed by atoms with van der Waals surface area (Å²) in [5.74, 6) is -0.336. The zero-order valence-corrected chi connectivity index (χ0v) is 12.2. The highest BCUT2D eigenvalue weighted by atomic mass is 32.1. The summed E-state index contributed by atoms with van der Waals surface area (Å²) >= 11 is 6.66. The molecule has 1 atom stereocenters. The summed E-state index contributed by atoms with van der Waals surface area (Å²) in [5.41, 5.74) is 6.97. The number of nitrogens with two attached hydrogens (primary N) is 1. The number of thiophene rings is 1. The minimum atomic E-state index is -0.336. The normalized spacial score (nSPS) is 12.1. The minimum Gasteiger partial charge on any atom is -0.389 e. The van der Waals surface area contributed by atoms with Crippen molar-refractivity contribution in [2.45, 2.75) is 19.4 Å². The highest BCUT2D eigenvalue weighted by Gasteiger charge is 2.13. The van der Waals surface area contributed by atoms with E-state index in [0.29, 0.717) is 5.56 Å². The van der Waals surface area contributed by atoms with E-state index in [1.165, 1.54) is 17.0 Å². The van der Waals surface area contributed by atoms with Crippen LogP contribution in [0.5, 0.6) is 0 Å². The first-order valence-electron chi connectivity index (χ1n) is 6.01. The monoisotopic (exact) mass is 294 g/mol. The minimum absolute atomic E-state index is 0.179. The van der Waals surface area contributed by atoms with Gasteiger partial charge in [0.05, 0.1) is 6.04 Å². The standard InChI is InChI=1S/C14H15FN2S2/c1-2-11(13-4-3-7-19-13)17-12-6-5-9(15)8-10(12)14(16)18/h3-8,11,17H,2H2,1H3,(H2,16,18). The van der Waals surface area contributed by atoms with E-state index >= 15 is 0 Å². The molecule has 0 aliphatic rings. The van der Waals surface area contributed by atoms with Gasteiger partial charge in [-0.25, -0.2) is 4.39 Å². The molecule has 0 bridgehead atoms. The van der Waals surface area contributed by atoms with Crippen molar-refractivity contribution in [3.05, 3.63) is 52.0 Å². The molecule has 1 heterocycles. The van der Waals surface area contributed by atoms with Crippen molar-refractivity contribution >= 4 is 34.2 Å². The predicted octanol–water partition coefficient (Wildman–Crippen LogP) is 4.08. The first-order chi connectivity index (χ1) is 9.11. The van der Waals surface area contributed by atoms with E-state index in [-0.39, 0.29) is 16.8 Å². The molecule has 0 saturated heterocycles. The summed E-state index contributed by atoms with van der Waals surface area (Å²) in [6.07, 6.45) is 0.925. The Balaban J connectivity index is 2.29. The Morgan fingerprint density at radius 1 is 1.47 bits per heavy atom. The third kappa shape index (κ3) is 3.30. The van der Waals surface area contributed by atoms with Crippen LogP contribution in [0, 0.1) is 5.82 Å².